The molecule has 0 aromatic carbocycles. The van der Waals surface area contributed by atoms with Crippen LogP contribution in [-0.2, 0) is 10.3 Å². The number of hydrogen-bond donors (Lipinski definition) is 2. The second-order valence-electron chi connectivity index (χ2n) is 4.01. The number of nitrogens with zero attached hydrogens (tertiary/aromatic N) is 1. The maximum atomic E-state index is 10.2. The average molecular weight is 224 g/mol. The van der Waals surface area contributed by atoms with Gasteiger partial charge in [0.2, 0.25) is 0 Å². The van der Waals surface area contributed by atoms with E-state index >= 15 is 0 Å². The van der Waals surface area contributed by atoms with Crippen LogP contribution in [0.1, 0.15) is 18.9 Å². The molecule has 1 rings (SSSR count). The molecule has 16 heavy (non-hydrogen) atoms. The van der Waals surface area contributed by atoms with Crippen LogP contribution in [0.15, 0.2) is 24.5 Å². The normalized spacial score (nSPS) is 14.7. The number of aromatic nitrogens is 1. The van der Waals surface area contributed by atoms with Gasteiger partial charge in [-0.3, -0.25) is 4.98 Å². The quantitative estimate of drug-likeness (QED) is 0.676. The summed E-state index contributed by atoms with van der Waals surface area (Å²) >= 11 is 0. The fourth-order valence-corrected chi connectivity index (χ4v) is 1.46. The van der Waals surface area contributed by atoms with Crippen LogP contribution in [-0.4, -0.2) is 36.9 Å². The third-order valence-corrected chi connectivity index (χ3v) is 2.55. The lowest BCUT2D eigenvalue weighted by molar-refractivity contribution is 0.0472. The van der Waals surface area contributed by atoms with Crippen LogP contribution in [0.2, 0.25) is 0 Å². The van der Waals surface area contributed by atoms with E-state index in [2.05, 4.69) is 10.3 Å². The maximum absolute atomic E-state index is 10.2. The van der Waals surface area contributed by atoms with E-state index in [0.29, 0.717) is 13.0 Å². The zero-order chi connectivity index (χ0) is 11.9. The summed E-state index contributed by atoms with van der Waals surface area (Å²) in [5.41, 5.74) is 0.0254. The van der Waals surface area contributed by atoms with Gasteiger partial charge in [-0.2, -0.15) is 0 Å². The molecule has 2 N–H and O–H groups in total. The zero-order valence-electron chi connectivity index (χ0n) is 9.94. The Labute approximate surface area is 96.7 Å². The molecular weight excluding hydrogens is 204 g/mol. The summed E-state index contributed by atoms with van der Waals surface area (Å²) in [5.74, 6) is 0. The molecule has 0 radical (unpaired) electrons. The third kappa shape index (κ3) is 4.26. The molecule has 0 saturated carbocycles. The third-order valence-electron chi connectivity index (χ3n) is 2.55. The second-order valence-corrected chi connectivity index (χ2v) is 4.01. The summed E-state index contributed by atoms with van der Waals surface area (Å²) < 4.78 is 4.92. The summed E-state index contributed by atoms with van der Waals surface area (Å²) in [6, 6.07) is 3.73. The van der Waals surface area contributed by atoms with Gasteiger partial charge in [0.05, 0.1) is 12.2 Å². The summed E-state index contributed by atoms with van der Waals surface area (Å²) in [6.45, 7) is 4.06. The molecule has 1 atom stereocenters. The van der Waals surface area contributed by atoms with Crippen LogP contribution in [0, 0.1) is 0 Å². The van der Waals surface area contributed by atoms with E-state index < -0.39 is 5.60 Å². The summed E-state index contributed by atoms with van der Waals surface area (Å²) in [7, 11) is 1.67. The molecule has 0 fully saturated rings. The number of methoxy groups -OCH3 is 1. The zero-order valence-corrected chi connectivity index (χ0v) is 9.94. The highest BCUT2D eigenvalue weighted by molar-refractivity contribution is 5.16. The van der Waals surface area contributed by atoms with Crippen molar-refractivity contribution in [2.75, 3.05) is 26.8 Å². The molecule has 1 aromatic rings. The van der Waals surface area contributed by atoms with Crippen LogP contribution in [0.4, 0.5) is 0 Å². The van der Waals surface area contributed by atoms with Crippen molar-refractivity contribution in [3.63, 3.8) is 0 Å². The lowest BCUT2D eigenvalue weighted by atomic mass is 9.94. The predicted molar refractivity (Wildman–Crippen MR) is 63.2 cm³/mol. The standard InChI is InChI=1S/C12H20N2O2/c1-12(15,5-7-13-8-9-16-2)11-4-3-6-14-10-11/h3-4,6,10,13,15H,5,7-9H2,1-2H3. The van der Waals surface area contributed by atoms with Crippen molar-refractivity contribution < 1.29 is 9.84 Å². The molecule has 0 spiro atoms. The molecule has 4 heteroatoms. The summed E-state index contributed by atoms with van der Waals surface area (Å²) in [4.78, 5) is 4.01. The molecule has 1 unspecified atom stereocenters. The highest BCUT2D eigenvalue weighted by Gasteiger charge is 2.22. The molecule has 1 heterocycles. The molecule has 0 saturated heterocycles. The van der Waals surface area contributed by atoms with Crippen molar-refractivity contribution in [3.05, 3.63) is 30.1 Å². The number of ether oxygens (including phenoxy) is 1. The van der Waals surface area contributed by atoms with Gasteiger partial charge in [-0.25, -0.2) is 0 Å². The highest BCUT2D eigenvalue weighted by Crippen LogP contribution is 2.22. The van der Waals surface area contributed by atoms with Crippen LogP contribution in [0.25, 0.3) is 0 Å². The molecule has 0 amide bonds. The van der Waals surface area contributed by atoms with E-state index in [1.807, 2.05) is 19.1 Å². The molecule has 0 aliphatic heterocycles. The molecular formula is C12H20N2O2. The minimum Gasteiger partial charge on any atom is -0.385 e. The number of rotatable bonds is 7. The van der Waals surface area contributed by atoms with Crippen molar-refractivity contribution in [1.29, 1.82) is 0 Å². The first kappa shape index (κ1) is 13.1. The number of hydrogen-bond acceptors (Lipinski definition) is 4. The van der Waals surface area contributed by atoms with Crippen molar-refractivity contribution in [2.45, 2.75) is 18.9 Å². The number of nitrogens with one attached hydrogen (secondary N) is 1. The van der Waals surface area contributed by atoms with Gasteiger partial charge in [-0.15, -0.1) is 0 Å². The maximum Gasteiger partial charge on any atom is 0.0895 e. The Morgan fingerprint density at radius 3 is 2.94 bits per heavy atom. The molecule has 0 aliphatic rings. The monoisotopic (exact) mass is 224 g/mol. The van der Waals surface area contributed by atoms with Crippen molar-refractivity contribution in [2.24, 2.45) is 0 Å². The highest BCUT2D eigenvalue weighted by atomic mass is 16.5. The van der Waals surface area contributed by atoms with Crippen molar-refractivity contribution >= 4 is 0 Å². The molecule has 4 nitrogen and oxygen atoms in total. The first-order valence-electron chi connectivity index (χ1n) is 5.49. The van der Waals surface area contributed by atoms with Gasteiger partial charge in [0.15, 0.2) is 0 Å². The van der Waals surface area contributed by atoms with E-state index in [4.69, 9.17) is 4.74 Å². The Morgan fingerprint density at radius 1 is 1.50 bits per heavy atom. The van der Waals surface area contributed by atoms with Crippen molar-refractivity contribution in [3.8, 4) is 0 Å². The fourth-order valence-electron chi connectivity index (χ4n) is 1.46. The van der Waals surface area contributed by atoms with Gasteiger partial charge in [0, 0.05) is 31.6 Å². The predicted octanol–water partition coefficient (Wildman–Crippen LogP) is 0.915. The summed E-state index contributed by atoms with van der Waals surface area (Å²) in [5, 5.41) is 13.4. The van der Waals surface area contributed by atoms with E-state index in [1.165, 1.54) is 0 Å². The van der Waals surface area contributed by atoms with E-state index in [0.717, 1.165) is 18.7 Å². The van der Waals surface area contributed by atoms with Gasteiger partial charge in [-0.05, 0) is 26.0 Å². The molecule has 1 aromatic heterocycles. The lowest BCUT2D eigenvalue weighted by Crippen LogP contribution is -2.29. The minimum absolute atomic E-state index is 0.655. The van der Waals surface area contributed by atoms with Crippen molar-refractivity contribution in [1.82, 2.24) is 10.3 Å². The summed E-state index contributed by atoms with van der Waals surface area (Å²) in [6.07, 6.45) is 4.06. The van der Waals surface area contributed by atoms with Gasteiger partial charge < -0.3 is 15.2 Å². The lowest BCUT2D eigenvalue weighted by Gasteiger charge is -2.23. The topological polar surface area (TPSA) is 54.4 Å². The fraction of sp³-hybridized carbons (Fsp3) is 0.583. The Kier molecular flexibility index (Phi) is 5.38. The molecule has 90 valence electrons. The van der Waals surface area contributed by atoms with E-state index in [-0.39, 0.29) is 0 Å². The largest absolute Gasteiger partial charge is 0.385 e. The molecule has 0 bridgehead atoms. The SMILES string of the molecule is COCCNCCC(C)(O)c1cccnc1. The Morgan fingerprint density at radius 2 is 2.31 bits per heavy atom. The van der Waals surface area contributed by atoms with Gasteiger partial charge in [-0.1, -0.05) is 6.07 Å². The first-order valence-corrected chi connectivity index (χ1v) is 5.49. The Hall–Kier alpha value is -0.970. The molecule has 0 aliphatic carbocycles. The minimum atomic E-state index is -0.825. The van der Waals surface area contributed by atoms with E-state index in [1.54, 1.807) is 19.5 Å². The Balaban J connectivity index is 2.35. The van der Waals surface area contributed by atoms with Crippen LogP contribution >= 0.6 is 0 Å². The number of aliphatic hydroxyl groups is 1. The Bertz CT molecular complexity index is 288. The average Bonchev–Trinajstić information content (AvgIpc) is 2.30. The van der Waals surface area contributed by atoms with Gasteiger partial charge in [0.1, 0.15) is 0 Å². The van der Waals surface area contributed by atoms with Gasteiger partial charge >= 0.3 is 0 Å². The number of pyridine rings is 1. The van der Waals surface area contributed by atoms with Crippen LogP contribution in [0.3, 0.4) is 0 Å². The smallest absolute Gasteiger partial charge is 0.0895 e. The second kappa shape index (κ2) is 6.58. The van der Waals surface area contributed by atoms with Gasteiger partial charge in [0.25, 0.3) is 0 Å². The van der Waals surface area contributed by atoms with Crippen LogP contribution < -0.4 is 5.32 Å². The van der Waals surface area contributed by atoms with Crippen LogP contribution in [0.5, 0.6) is 0 Å². The van der Waals surface area contributed by atoms with E-state index in [9.17, 15) is 5.11 Å². The first-order chi connectivity index (χ1) is 7.67.